The molecule has 20 heavy (non-hydrogen) atoms. The zero-order chi connectivity index (χ0) is 13.8. The number of benzene rings is 1. The van der Waals surface area contributed by atoms with E-state index in [9.17, 15) is 4.79 Å². The van der Waals surface area contributed by atoms with Crippen molar-refractivity contribution in [3.63, 3.8) is 0 Å². The summed E-state index contributed by atoms with van der Waals surface area (Å²) >= 11 is 1.57. The number of ketones is 1. The summed E-state index contributed by atoms with van der Waals surface area (Å²) in [6, 6.07) is 13.8. The molecule has 0 saturated heterocycles. The van der Waals surface area contributed by atoms with Gasteiger partial charge in [-0.25, -0.2) is 4.98 Å². The number of oxazole rings is 1. The minimum Gasteiger partial charge on any atom is -0.433 e. The summed E-state index contributed by atoms with van der Waals surface area (Å²) in [4.78, 5) is 17.1. The maximum atomic E-state index is 12.0. The smallest absolute Gasteiger partial charge is 0.263 e. The van der Waals surface area contributed by atoms with Gasteiger partial charge in [-0.1, -0.05) is 36.4 Å². The van der Waals surface area contributed by atoms with E-state index in [2.05, 4.69) is 4.98 Å². The number of carbonyl (C=O) groups is 1. The first-order chi connectivity index (χ1) is 9.83. The van der Waals surface area contributed by atoms with Crippen molar-refractivity contribution in [1.82, 2.24) is 4.98 Å². The monoisotopic (exact) mass is 283 g/mol. The molecule has 3 rings (SSSR count). The largest absolute Gasteiger partial charge is 0.433 e. The van der Waals surface area contributed by atoms with Crippen molar-refractivity contribution in [1.29, 1.82) is 0 Å². The van der Waals surface area contributed by atoms with E-state index in [-0.39, 0.29) is 11.7 Å². The lowest BCUT2D eigenvalue weighted by Crippen LogP contribution is -2.01. The van der Waals surface area contributed by atoms with Crippen LogP contribution in [0.5, 0.6) is 0 Å². The van der Waals surface area contributed by atoms with Crippen molar-refractivity contribution < 1.29 is 9.21 Å². The third-order valence-corrected chi connectivity index (χ3v) is 3.88. The Morgan fingerprint density at radius 1 is 1.15 bits per heavy atom. The minimum atomic E-state index is -0.0586. The highest BCUT2D eigenvalue weighted by molar-refractivity contribution is 7.13. The van der Waals surface area contributed by atoms with Gasteiger partial charge in [-0.3, -0.25) is 4.79 Å². The van der Waals surface area contributed by atoms with Crippen LogP contribution in [-0.2, 0) is 6.42 Å². The number of rotatable bonds is 5. The van der Waals surface area contributed by atoms with Gasteiger partial charge in [0, 0.05) is 6.42 Å². The van der Waals surface area contributed by atoms with Crippen LogP contribution >= 0.6 is 11.3 Å². The van der Waals surface area contributed by atoms with Crippen LogP contribution < -0.4 is 0 Å². The molecule has 0 N–H and O–H groups in total. The number of Topliss-reactive ketones (excluding diaryl/α,β-unsaturated/α-hetero) is 1. The average Bonchev–Trinajstić information content (AvgIpc) is 3.16. The van der Waals surface area contributed by atoms with Crippen LogP contribution in [0.25, 0.3) is 10.6 Å². The second kappa shape index (κ2) is 5.84. The molecule has 0 aliphatic carbocycles. The van der Waals surface area contributed by atoms with Crippen LogP contribution in [0, 0.1) is 0 Å². The number of carbonyl (C=O) groups excluding carboxylic acids is 1. The Kier molecular flexibility index (Phi) is 3.74. The van der Waals surface area contributed by atoms with E-state index in [1.807, 2.05) is 47.8 Å². The normalized spacial score (nSPS) is 10.6. The lowest BCUT2D eigenvalue weighted by Gasteiger charge is -1.98. The molecule has 0 aliphatic heterocycles. The Balaban J connectivity index is 1.66. The highest BCUT2D eigenvalue weighted by Crippen LogP contribution is 2.25. The van der Waals surface area contributed by atoms with Gasteiger partial charge in [-0.15, -0.1) is 11.3 Å². The van der Waals surface area contributed by atoms with Gasteiger partial charge in [-0.05, 0) is 23.4 Å². The van der Waals surface area contributed by atoms with Gasteiger partial charge in [0.05, 0.1) is 11.1 Å². The van der Waals surface area contributed by atoms with Gasteiger partial charge in [0.15, 0.2) is 5.76 Å². The molecule has 2 heterocycles. The third kappa shape index (κ3) is 2.86. The van der Waals surface area contributed by atoms with Crippen molar-refractivity contribution in [2.75, 3.05) is 0 Å². The Labute approximate surface area is 120 Å². The fourth-order valence-corrected chi connectivity index (χ4v) is 2.62. The van der Waals surface area contributed by atoms with Crippen molar-refractivity contribution in [3.05, 3.63) is 65.5 Å². The Hall–Kier alpha value is -2.20. The second-order valence-corrected chi connectivity index (χ2v) is 5.36. The molecule has 1 aromatic carbocycles. The number of aromatic nitrogens is 1. The molecular formula is C16H13NO2S. The van der Waals surface area contributed by atoms with E-state index in [0.717, 1.165) is 10.4 Å². The lowest BCUT2D eigenvalue weighted by molar-refractivity contribution is 0.0950. The van der Waals surface area contributed by atoms with Gasteiger partial charge in [-0.2, -0.15) is 0 Å². The van der Waals surface area contributed by atoms with Gasteiger partial charge in [0.1, 0.15) is 0 Å². The van der Waals surface area contributed by atoms with E-state index in [0.29, 0.717) is 18.6 Å². The van der Waals surface area contributed by atoms with Gasteiger partial charge in [0.2, 0.25) is 5.78 Å². The summed E-state index contributed by atoms with van der Waals surface area (Å²) in [5.41, 5.74) is 1.14. The SMILES string of the molecule is O=C(CCc1ccccc1)c1ncc(-c2cccs2)o1. The summed E-state index contributed by atoms with van der Waals surface area (Å²) in [7, 11) is 0. The molecule has 4 heteroatoms. The first kappa shape index (κ1) is 12.8. The highest BCUT2D eigenvalue weighted by Gasteiger charge is 2.14. The Morgan fingerprint density at radius 2 is 2.00 bits per heavy atom. The van der Waals surface area contributed by atoms with Crippen molar-refractivity contribution in [3.8, 4) is 10.6 Å². The summed E-state index contributed by atoms with van der Waals surface area (Å²) < 4.78 is 5.53. The van der Waals surface area contributed by atoms with E-state index in [4.69, 9.17) is 4.42 Å². The standard InChI is InChI=1S/C16H13NO2S/c18-13(9-8-12-5-2-1-3-6-12)16-17-11-14(19-16)15-7-4-10-20-15/h1-7,10-11H,8-9H2. The van der Waals surface area contributed by atoms with Crippen LogP contribution in [-0.4, -0.2) is 10.8 Å². The highest BCUT2D eigenvalue weighted by atomic mass is 32.1. The number of hydrogen-bond donors (Lipinski definition) is 0. The van der Waals surface area contributed by atoms with Crippen molar-refractivity contribution >= 4 is 17.1 Å². The number of nitrogens with zero attached hydrogens (tertiary/aromatic N) is 1. The van der Waals surface area contributed by atoms with Gasteiger partial charge in [0.25, 0.3) is 5.89 Å². The number of aryl methyl sites for hydroxylation is 1. The Bertz CT molecular complexity index is 686. The predicted octanol–water partition coefficient (Wildman–Crippen LogP) is 4.22. The zero-order valence-corrected chi connectivity index (χ0v) is 11.6. The van der Waals surface area contributed by atoms with Crippen LogP contribution in [0.4, 0.5) is 0 Å². The van der Waals surface area contributed by atoms with E-state index in [1.165, 1.54) is 0 Å². The summed E-state index contributed by atoms with van der Waals surface area (Å²) in [5.74, 6) is 0.795. The van der Waals surface area contributed by atoms with Crippen molar-refractivity contribution in [2.45, 2.75) is 12.8 Å². The quantitative estimate of drug-likeness (QED) is 0.658. The molecule has 3 aromatic rings. The van der Waals surface area contributed by atoms with Crippen LogP contribution in [0.1, 0.15) is 22.7 Å². The van der Waals surface area contributed by atoms with Crippen LogP contribution in [0.15, 0.2) is 58.5 Å². The van der Waals surface area contributed by atoms with Crippen LogP contribution in [0.3, 0.4) is 0 Å². The lowest BCUT2D eigenvalue weighted by atomic mass is 10.1. The predicted molar refractivity (Wildman–Crippen MR) is 78.9 cm³/mol. The van der Waals surface area contributed by atoms with E-state index < -0.39 is 0 Å². The average molecular weight is 283 g/mol. The second-order valence-electron chi connectivity index (χ2n) is 4.42. The first-order valence-corrected chi connectivity index (χ1v) is 7.28. The minimum absolute atomic E-state index is 0.0586. The molecule has 0 amide bonds. The molecule has 0 radical (unpaired) electrons. The number of hydrogen-bond acceptors (Lipinski definition) is 4. The molecule has 0 fully saturated rings. The Morgan fingerprint density at radius 3 is 2.75 bits per heavy atom. The molecule has 0 aliphatic rings. The number of thiophene rings is 1. The molecule has 0 bridgehead atoms. The first-order valence-electron chi connectivity index (χ1n) is 6.40. The fraction of sp³-hybridized carbons (Fsp3) is 0.125. The fourth-order valence-electron chi connectivity index (χ4n) is 1.95. The third-order valence-electron chi connectivity index (χ3n) is 2.99. The maximum Gasteiger partial charge on any atom is 0.263 e. The maximum absolute atomic E-state index is 12.0. The van der Waals surface area contributed by atoms with E-state index >= 15 is 0 Å². The molecule has 0 atom stereocenters. The summed E-state index contributed by atoms with van der Waals surface area (Å²) in [6.07, 6.45) is 2.73. The molecule has 0 unspecified atom stereocenters. The molecule has 3 nitrogen and oxygen atoms in total. The van der Waals surface area contributed by atoms with Crippen LogP contribution in [0.2, 0.25) is 0 Å². The topological polar surface area (TPSA) is 43.1 Å². The van der Waals surface area contributed by atoms with Crippen molar-refractivity contribution in [2.24, 2.45) is 0 Å². The molecule has 0 saturated carbocycles. The molecule has 0 spiro atoms. The van der Waals surface area contributed by atoms with E-state index in [1.54, 1.807) is 17.5 Å². The zero-order valence-electron chi connectivity index (χ0n) is 10.8. The summed E-state index contributed by atoms with van der Waals surface area (Å²) in [5, 5.41) is 1.97. The van der Waals surface area contributed by atoms with Gasteiger partial charge >= 0.3 is 0 Å². The molecule has 100 valence electrons. The molecular weight excluding hydrogens is 270 g/mol. The van der Waals surface area contributed by atoms with Gasteiger partial charge < -0.3 is 4.42 Å². The summed E-state index contributed by atoms with van der Waals surface area (Å²) in [6.45, 7) is 0. The molecule has 2 aromatic heterocycles.